The molecule has 2 saturated heterocycles. The first-order valence-electron chi connectivity index (χ1n) is 11.9. The Labute approximate surface area is 194 Å². The molecule has 1 saturated carbocycles. The number of benzene rings is 2. The number of sulfonamides is 1. The van der Waals surface area contributed by atoms with Crippen LogP contribution < -0.4 is 4.74 Å². The van der Waals surface area contributed by atoms with Gasteiger partial charge in [0.1, 0.15) is 17.1 Å². The van der Waals surface area contributed by atoms with E-state index in [0.29, 0.717) is 17.4 Å². The van der Waals surface area contributed by atoms with E-state index in [4.69, 9.17) is 14.5 Å². The Morgan fingerprint density at radius 3 is 2.67 bits per heavy atom. The molecule has 3 fully saturated rings. The summed E-state index contributed by atoms with van der Waals surface area (Å²) in [7, 11) is -3.61. The van der Waals surface area contributed by atoms with E-state index >= 15 is 0 Å². The van der Waals surface area contributed by atoms with Crippen LogP contribution in [0.3, 0.4) is 0 Å². The molecule has 0 radical (unpaired) electrons. The van der Waals surface area contributed by atoms with Crippen molar-refractivity contribution in [3.05, 3.63) is 54.4 Å². The lowest BCUT2D eigenvalue weighted by atomic mass is 9.99. The summed E-state index contributed by atoms with van der Waals surface area (Å²) in [5, 5.41) is 0. The second-order valence-electron chi connectivity index (χ2n) is 9.46. The maximum absolute atomic E-state index is 13.6. The molecule has 3 heterocycles. The Morgan fingerprint density at radius 1 is 1.03 bits per heavy atom. The lowest BCUT2D eigenvalue weighted by Crippen LogP contribution is -2.40. The van der Waals surface area contributed by atoms with E-state index in [1.807, 2.05) is 24.3 Å². The number of fused-ring (bicyclic) bond motifs is 3. The average molecular weight is 468 g/mol. The number of imidazole rings is 1. The van der Waals surface area contributed by atoms with Crippen molar-refractivity contribution in [2.75, 3.05) is 19.8 Å². The third-order valence-corrected chi connectivity index (χ3v) is 9.38. The Morgan fingerprint density at radius 2 is 1.85 bits per heavy atom. The van der Waals surface area contributed by atoms with Crippen molar-refractivity contribution in [3.63, 3.8) is 0 Å². The number of rotatable bonds is 6. The van der Waals surface area contributed by atoms with Crippen LogP contribution in [-0.2, 0) is 14.8 Å². The molecule has 8 heteroatoms. The molecular weight excluding hydrogens is 438 g/mol. The molecule has 3 aliphatic rings. The van der Waals surface area contributed by atoms with Gasteiger partial charge in [0.25, 0.3) is 0 Å². The largest absolute Gasteiger partial charge is 0.491 e. The van der Waals surface area contributed by atoms with Gasteiger partial charge in [-0.25, -0.2) is 13.4 Å². The summed E-state index contributed by atoms with van der Waals surface area (Å²) in [5.74, 6) is 2.24. The van der Waals surface area contributed by atoms with E-state index in [2.05, 4.69) is 4.98 Å². The standard InChI is InChI=1S/C25H29N3O4S/c29-33(30,20-5-2-1-3-6-20)28-19-10-9-18(15-19)24(28)25-26-21-7-4-8-22(23(21)27-25)32-16-17-11-13-31-14-12-17/h1-8,17-19,24H,9-16H2,(H,26,27)/t18-,19+,24-/m0/s1. The van der Waals surface area contributed by atoms with Gasteiger partial charge in [0.15, 0.2) is 0 Å². The first kappa shape index (κ1) is 21.1. The molecule has 3 aromatic rings. The second kappa shape index (κ2) is 8.42. The predicted octanol–water partition coefficient (Wildman–Crippen LogP) is 4.28. The highest BCUT2D eigenvalue weighted by atomic mass is 32.2. The fourth-order valence-electron chi connectivity index (χ4n) is 5.75. The minimum absolute atomic E-state index is 0.0302. The van der Waals surface area contributed by atoms with Crippen molar-refractivity contribution in [3.8, 4) is 5.75 Å². The minimum Gasteiger partial charge on any atom is -0.491 e. The van der Waals surface area contributed by atoms with Gasteiger partial charge in [-0.15, -0.1) is 0 Å². The summed E-state index contributed by atoms with van der Waals surface area (Å²) in [4.78, 5) is 8.71. The normalized spacial score (nSPS) is 26.2. The fraction of sp³-hybridized carbons (Fsp3) is 0.480. The molecule has 1 aliphatic carbocycles. The molecule has 33 heavy (non-hydrogen) atoms. The smallest absolute Gasteiger partial charge is 0.244 e. The van der Waals surface area contributed by atoms with Gasteiger partial charge in [-0.2, -0.15) is 4.31 Å². The summed E-state index contributed by atoms with van der Waals surface area (Å²) in [6.45, 7) is 2.23. The van der Waals surface area contributed by atoms with Crippen LogP contribution in [0.2, 0.25) is 0 Å². The molecular formula is C25H29N3O4S. The zero-order valence-electron chi connectivity index (χ0n) is 18.5. The van der Waals surface area contributed by atoms with Gasteiger partial charge in [0.05, 0.1) is 23.1 Å². The van der Waals surface area contributed by atoms with E-state index < -0.39 is 10.0 Å². The van der Waals surface area contributed by atoms with Crippen LogP contribution >= 0.6 is 0 Å². The predicted molar refractivity (Wildman–Crippen MR) is 124 cm³/mol. The molecule has 2 aliphatic heterocycles. The number of piperidine rings is 1. The van der Waals surface area contributed by atoms with Crippen LogP contribution in [0.1, 0.15) is 44.0 Å². The van der Waals surface area contributed by atoms with Crippen molar-refractivity contribution in [1.29, 1.82) is 0 Å². The number of hydrogen-bond donors (Lipinski definition) is 1. The van der Waals surface area contributed by atoms with Crippen LogP contribution in [0, 0.1) is 11.8 Å². The first-order valence-corrected chi connectivity index (χ1v) is 13.3. The average Bonchev–Trinajstić information content (AvgIpc) is 3.58. The lowest BCUT2D eigenvalue weighted by Gasteiger charge is -2.33. The summed E-state index contributed by atoms with van der Waals surface area (Å²) < 4.78 is 40.6. The number of aromatic nitrogens is 2. The molecule has 3 atom stereocenters. The highest BCUT2D eigenvalue weighted by Crippen LogP contribution is 2.52. The van der Waals surface area contributed by atoms with E-state index in [9.17, 15) is 8.42 Å². The van der Waals surface area contributed by atoms with Crippen LogP contribution in [0.15, 0.2) is 53.4 Å². The van der Waals surface area contributed by atoms with Crippen LogP contribution in [0.25, 0.3) is 11.0 Å². The van der Waals surface area contributed by atoms with Crippen LogP contribution in [-0.4, -0.2) is 48.6 Å². The quantitative estimate of drug-likeness (QED) is 0.585. The van der Waals surface area contributed by atoms with Crippen molar-refractivity contribution < 1.29 is 17.9 Å². The molecule has 0 unspecified atom stereocenters. The van der Waals surface area contributed by atoms with Crippen LogP contribution in [0.4, 0.5) is 0 Å². The molecule has 1 aromatic heterocycles. The molecule has 0 amide bonds. The number of para-hydroxylation sites is 1. The molecule has 2 bridgehead atoms. The lowest BCUT2D eigenvalue weighted by molar-refractivity contribution is 0.0499. The summed E-state index contributed by atoms with van der Waals surface area (Å²) in [6.07, 6.45) is 4.85. The zero-order chi connectivity index (χ0) is 22.4. The third-order valence-electron chi connectivity index (χ3n) is 7.43. The highest BCUT2D eigenvalue weighted by Gasteiger charge is 2.53. The van der Waals surface area contributed by atoms with Gasteiger partial charge in [-0.3, -0.25) is 0 Å². The van der Waals surface area contributed by atoms with Gasteiger partial charge in [-0.1, -0.05) is 24.3 Å². The van der Waals surface area contributed by atoms with E-state index in [1.165, 1.54) is 0 Å². The number of ether oxygens (including phenoxy) is 2. The van der Waals surface area contributed by atoms with Gasteiger partial charge in [0, 0.05) is 19.3 Å². The second-order valence-corrected chi connectivity index (χ2v) is 11.3. The van der Waals surface area contributed by atoms with Crippen molar-refractivity contribution >= 4 is 21.1 Å². The van der Waals surface area contributed by atoms with Gasteiger partial charge >= 0.3 is 0 Å². The Balaban J connectivity index is 1.32. The van der Waals surface area contributed by atoms with Gasteiger partial charge < -0.3 is 14.5 Å². The Hall–Kier alpha value is -2.42. The van der Waals surface area contributed by atoms with Gasteiger partial charge in [0.2, 0.25) is 10.0 Å². The van der Waals surface area contributed by atoms with Crippen molar-refractivity contribution in [2.45, 2.75) is 49.1 Å². The highest BCUT2D eigenvalue weighted by molar-refractivity contribution is 7.89. The summed E-state index contributed by atoms with van der Waals surface area (Å²) in [6, 6.07) is 14.4. The molecule has 0 spiro atoms. The maximum Gasteiger partial charge on any atom is 0.244 e. The first-order chi connectivity index (χ1) is 16.1. The topological polar surface area (TPSA) is 84.5 Å². The monoisotopic (exact) mass is 467 g/mol. The Bertz CT molecular complexity index is 1240. The summed E-state index contributed by atoms with van der Waals surface area (Å²) >= 11 is 0. The number of nitrogens with one attached hydrogen (secondary N) is 1. The Kier molecular flexibility index (Phi) is 5.39. The minimum atomic E-state index is -3.61. The zero-order valence-corrected chi connectivity index (χ0v) is 19.3. The maximum atomic E-state index is 13.6. The molecule has 7 nitrogen and oxygen atoms in total. The fourth-order valence-corrected chi connectivity index (χ4v) is 7.65. The van der Waals surface area contributed by atoms with Crippen molar-refractivity contribution in [1.82, 2.24) is 14.3 Å². The molecule has 6 rings (SSSR count). The number of hydrogen-bond acceptors (Lipinski definition) is 5. The SMILES string of the molecule is O=S(=O)(c1ccccc1)N1[C@@H]2CC[C@@H](C2)[C@H]1c1nc2c(OCC3CCOCC3)cccc2[nH]1. The van der Waals surface area contributed by atoms with Crippen LogP contribution in [0.5, 0.6) is 5.75 Å². The number of nitrogens with zero attached hydrogens (tertiary/aromatic N) is 2. The third kappa shape index (κ3) is 3.74. The van der Waals surface area contributed by atoms with E-state index in [0.717, 1.165) is 67.9 Å². The molecule has 2 aromatic carbocycles. The molecule has 1 N–H and O–H groups in total. The van der Waals surface area contributed by atoms with E-state index in [1.54, 1.807) is 28.6 Å². The summed E-state index contributed by atoms with van der Waals surface area (Å²) in [5.41, 5.74) is 1.66. The molecule has 174 valence electrons. The van der Waals surface area contributed by atoms with Crippen molar-refractivity contribution in [2.24, 2.45) is 11.8 Å². The number of aromatic amines is 1. The number of H-pyrrole nitrogens is 1. The van der Waals surface area contributed by atoms with E-state index in [-0.39, 0.29) is 18.0 Å². The van der Waals surface area contributed by atoms with Gasteiger partial charge in [-0.05, 0) is 68.2 Å².